The molecule has 0 bridgehead atoms. The Labute approximate surface area is 56.1 Å². The van der Waals surface area contributed by atoms with Crippen molar-refractivity contribution < 1.29 is 9.90 Å². The lowest BCUT2D eigenvalue weighted by atomic mass is 10.4. The van der Waals surface area contributed by atoms with Crippen LogP contribution in [0.25, 0.3) is 0 Å². The quantitative estimate of drug-likeness (QED) is 0.571. The zero-order valence-electron chi connectivity index (χ0n) is 6.27. The van der Waals surface area contributed by atoms with Gasteiger partial charge in [-0.2, -0.15) is 0 Å². The first-order valence-corrected chi connectivity index (χ1v) is 3.09. The molecule has 1 amide bonds. The molecule has 0 aromatic carbocycles. The van der Waals surface area contributed by atoms with Crippen LogP contribution in [0.1, 0.15) is 26.7 Å². The monoisotopic (exact) mass is 133 g/mol. The molecule has 0 rings (SSSR count). The summed E-state index contributed by atoms with van der Waals surface area (Å²) in [6.45, 7) is 4.36. The minimum atomic E-state index is -0.995. The van der Waals surface area contributed by atoms with Crippen LogP contribution in [0.4, 0.5) is 4.79 Å². The largest absolute Gasteiger partial charge is 0.465 e. The first-order chi connectivity index (χ1) is 4.18. The van der Waals surface area contributed by atoms with Crippen molar-refractivity contribution in [1.29, 1.82) is 0 Å². The molecule has 0 fully saturated rings. The van der Waals surface area contributed by atoms with E-state index in [1.807, 2.05) is 5.32 Å². The van der Waals surface area contributed by atoms with Crippen molar-refractivity contribution in [2.45, 2.75) is 26.7 Å². The minimum absolute atomic E-state index is 0.995. The Morgan fingerprint density at radius 2 is 1.67 bits per heavy atom. The second-order valence-corrected chi connectivity index (χ2v) is 1.56. The maximum absolute atomic E-state index is 9.26. The zero-order chi connectivity index (χ0) is 7.70. The SMILES string of the molecule is CCCC.CNC(=O)O. The number of amides is 1. The van der Waals surface area contributed by atoms with Crippen molar-refractivity contribution in [3.05, 3.63) is 0 Å². The Morgan fingerprint density at radius 3 is 1.67 bits per heavy atom. The fourth-order valence-corrected chi connectivity index (χ4v) is 0. The van der Waals surface area contributed by atoms with Crippen LogP contribution in [0.5, 0.6) is 0 Å². The van der Waals surface area contributed by atoms with Crippen LogP contribution >= 0.6 is 0 Å². The predicted molar refractivity (Wildman–Crippen MR) is 37.7 cm³/mol. The summed E-state index contributed by atoms with van der Waals surface area (Å²) in [7, 11) is 1.35. The standard InChI is InChI=1S/C4H10.C2H5NO2/c1-3-4-2;1-3-2(4)5/h3-4H2,1-2H3;3H,1H3,(H,4,5). The Morgan fingerprint density at radius 1 is 1.44 bits per heavy atom. The molecule has 0 aliphatic rings. The molecule has 0 unspecified atom stereocenters. The van der Waals surface area contributed by atoms with Gasteiger partial charge in [-0.3, -0.25) is 0 Å². The Kier molecular flexibility index (Phi) is 12.7. The van der Waals surface area contributed by atoms with E-state index in [2.05, 4.69) is 13.8 Å². The average molecular weight is 133 g/mol. The second-order valence-electron chi connectivity index (χ2n) is 1.56. The van der Waals surface area contributed by atoms with Gasteiger partial charge in [0.25, 0.3) is 0 Å². The van der Waals surface area contributed by atoms with E-state index >= 15 is 0 Å². The summed E-state index contributed by atoms with van der Waals surface area (Å²) >= 11 is 0. The molecule has 56 valence electrons. The van der Waals surface area contributed by atoms with E-state index < -0.39 is 6.09 Å². The molecular formula is C6H15NO2. The van der Waals surface area contributed by atoms with Crippen LogP contribution in [0.15, 0.2) is 0 Å². The molecule has 2 N–H and O–H groups in total. The normalized spacial score (nSPS) is 7.00. The molecule has 3 nitrogen and oxygen atoms in total. The second kappa shape index (κ2) is 10.3. The fraction of sp³-hybridized carbons (Fsp3) is 0.833. The van der Waals surface area contributed by atoms with Gasteiger partial charge >= 0.3 is 6.09 Å². The molecule has 0 saturated carbocycles. The van der Waals surface area contributed by atoms with Crippen LogP contribution in [-0.2, 0) is 0 Å². The summed E-state index contributed by atoms with van der Waals surface area (Å²) in [6.07, 6.45) is 1.64. The third kappa shape index (κ3) is 39.2. The minimum Gasteiger partial charge on any atom is -0.465 e. The Balaban J connectivity index is 0. The van der Waals surface area contributed by atoms with Crippen molar-refractivity contribution in [3.63, 3.8) is 0 Å². The van der Waals surface area contributed by atoms with Crippen LogP contribution in [0.3, 0.4) is 0 Å². The molecule has 0 radical (unpaired) electrons. The van der Waals surface area contributed by atoms with Crippen molar-refractivity contribution in [2.75, 3.05) is 7.05 Å². The molecule has 0 spiro atoms. The summed E-state index contributed by atoms with van der Waals surface area (Å²) in [5.74, 6) is 0. The van der Waals surface area contributed by atoms with Gasteiger partial charge in [0, 0.05) is 7.05 Å². The predicted octanol–water partition coefficient (Wildman–Crippen LogP) is 1.69. The molecule has 0 saturated heterocycles. The fourth-order valence-electron chi connectivity index (χ4n) is 0. The Hall–Kier alpha value is -0.730. The molecule has 0 aliphatic carbocycles. The molecular weight excluding hydrogens is 118 g/mol. The third-order valence-corrected chi connectivity index (χ3v) is 0.714. The summed E-state index contributed by atoms with van der Waals surface area (Å²) in [5, 5.41) is 9.56. The van der Waals surface area contributed by atoms with E-state index in [1.165, 1.54) is 19.9 Å². The number of unbranched alkanes of at least 4 members (excludes halogenated alkanes) is 1. The van der Waals surface area contributed by atoms with Gasteiger partial charge in [0.15, 0.2) is 0 Å². The molecule has 0 atom stereocenters. The lowest BCUT2D eigenvalue weighted by Crippen LogP contribution is -2.13. The number of hydrogen-bond donors (Lipinski definition) is 2. The molecule has 0 aliphatic heterocycles. The van der Waals surface area contributed by atoms with Crippen LogP contribution < -0.4 is 5.32 Å². The van der Waals surface area contributed by atoms with Crippen molar-refractivity contribution in [3.8, 4) is 0 Å². The summed E-state index contributed by atoms with van der Waals surface area (Å²) in [4.78, 5) is 9.26. The van der Waals surface area contributed by atoms with Gasteiger partial charge in [-0.15, -0.1) is 0 Å². The van der Waals surface area contributed by atoms with Crippen LogP contribution in [0, 0.1) is 0 Å². The first-order valence-electron chi connectivity index (χ1n) is 3.09. The molecule has 3 heteroatoms. The van der Waals surface area contributed by atoms with Crippen molar-refractivity contribution in [1.82, 2.24) is 5.32 Å². The molecule has 0 aromatic heterocycles. The maximum Gasteiger partial charge on any atom is 0.404 e. The highest BCUT2D eigenvalue weighted by Gasteiger charge is 1.76. The van der Waals surface area contributed by atoms with E-state index in [4.69, 9.17) is 5.11 Å². The lowest BCUT2D eigenvalue weighted by Gasteiger charge is -1.78. The van der Waals surface area contributed by atoms with E-state index in [9.17, 15) is 4.79 Å². The Bertz CT molecular complexity index is 62.1. The van der Waals surface area contributed by atoms with Gasteiger partial charge in [-0.1, -0.05) is 26.7 Å². The van der Waals surface area contributed by atoms with Gasteiger partial charge in [0.1, 0.15) is 0 Å². The van der Waals surface area contributed by atoms with Gasteiger partial charge in [0.05, 0.1) is 0 Å². The zero-order valence-corrected chi connectivity index (χ0v) is 6.27. The van der Waals surface area contributed by atoms with E-state index in [0.717, 1.165) is 0 Å². The number of rotatable bonds is 1. The van der Waals surface area contributed by atoms with Crippen LogP contribution in [-0.4, -0.2) is 18.2 Å². The summed E-state index contributed by atoms with van der Waals surface area (Å²) in [5.41, 5.74) is 0. The molecule has 9 heavy (non-hydrogen) atoms. The van der Waals surface area contributed by atoms with Gasteiger partial charge in [-0.25, -0.2) is 4.79 Å². The van der Waals surface area contributed by atoms with Crippen molar-refractivity contribution in [2.24, 2.45) is 0 Å². The smallest absolute Gasteiger partial charge is 0.404 e. The number of nitrogens with one attached hydrogen (secondary N) is 1. The molecule has 0 aromatic rings. The highest BCUT2D eigenvalue weighted by atomic mass is 16.4. The van der Waals surface area contributed by atoms with Crippen molar-refractivity contribution >= 4 is 6.09 Å². The average Bonchev–Trinajstić information content (AvgIpc) is 1.89. The van der Waals surface area contributed by atoms with E-state index in [0.29, 0.717) is 0 Å². The number of carboxylic acid groups (broad SMARTS) is 1. The third-order valence-electron chi connectivity index (χ3n) is 0.714. The van der Waals surface area contributed by atoms with E-state index in [1.54, 1.807) is 0 Å². The number of hydrogen-bond acceptors (Lipinski definition) is 1. The molecule has 0 heterocycles. The highest BCUT2D eigenvalue weighted by molar-refractivity contribution is 5.63. The topological polar surface area (TPSA) is 49.3 Å². The first kappa shape index (κ1) is 11.1. The number of carbonyl (C=O) groups is 1. The lowest BCUT2D eigenvalue weighted by molar-refractivity contribution is 0.197. The van der Waals surface area contributed by atoms with E-state index in [-0.39, 0.29) is 0 Å². The summed E-state index contributed by atoms with van der Waals surface area (Å²) in [6, 6.07) is 0. The maximum atomic E-state index is 9.26. The summed E-state index contributed by atoms with van der Waals surface area (Å²) < 4.78 is 0. The van der Waals surface area contributed by atoms with Gasteiger partial charge in [0.2, 0.25) is 0 Å². The highest BCUT2D eigenvalue weighted by Crippen LogP contribution is 1.76. The van der Waals surface area contributed by atoms with Crippen LogP contribution in [0.2, 0.25) is 0 Å². The van der Waals surface area contributed by atoms with Gasteiger partial charge < -0.3 is 10.4 Å². The van der Waals surface area contributed by atoms with Gasteiger partial charge in [-0.05, 0) is 0 Å².